The molecule has 1 fully saturated rings. The molecule has 2 aliphatic rings. The number of rotatable bonds is 4. The molecule has 2 aromatic carbocycles. The lowest BCUT2D eigenvalue weighted by Gasteiger charge is -2.34. The Labute approximate surface area is 182 Å². The standard InChI is InChI=1S/C25H28N4O2/c30-23(26-18-7-2-1-3-8-18)17-28-13-15-29(16-14-28)25(31)21-11-6-10-20-19-9-4-5-12-22(19)27-24(20)21/h1-3,6-8,10-11,27H,4-5,9,12-17H2,(H,26,30). The summed E-state index contributed by atoms with van der Waals surface area (Å²) in [7, 11) is 0. The largest absolute Gasteiger partial charge is 0.358 e. The van der Waals surface area contributed by atoms with Gasteiger partial charge in [0.2, 0.25) is 5.91 Å². The number of H-pyrrole nitrogens is 1. The molecule has 2 heterocycles. The van der Waals surface area contributed by atoms with E-state index in [1.54, 1.807) is 0 Å². The molecule has 0 spiro atoms. The molecule has 0 bridgehead atoms. The van der Waals surface area contributed by atoms with E-state index in [9.17, 15) is 9.59 Å². The second-order valence-corrected chi connectivity index (χ2v) is 8.50. The van der Waals surface area contributed by atoms with Gasteiger partial charge < -0.3 is 15.2 Å². The number of aromatic amines is 1. The molecule has 2 N–H and O–H groups in total. The number of nitrogens with zero attached hydrogens (tertiary/aromatic N) is 2. The lowest BCUT2D eigenvalue weighted by Crippen LogP contribution is -2.50. The summed E-state index contributed by atoms with van der Waals surface area (Å²) < 4.78 is 0. The number of nitrogens with one attached hydrogen (secondary N) is 2. The summed E-state index contributed by atoms with van der Waals surface area (Å²) in [6.45, 7) is 3.01. The number of hydrogen-bond donors (Lipinski definition) is 2. The minimum atomic E-state index is -0.0206. The molecule has 1 saturated heterocycles. The van der Waals surface area contributed by atoms with E-state index in [0.717, 1.165) is 29.6 Å². The molecule has 3 aromatic rings. The van der Waals surface area contributed by atoms with Crippen molar-refractivity contribution in [3.05, 3.63) is 65.4 Å². The predicted octanol–water partition coefficient (Wildman–Crippen LogP) is 3.44. The summed E-state index contributed by atoms with van der Waals surface area (Å²) in [6, 6.07) is 15.6. The van der Waals surface area contributed by atoms with Gasteiger partial charge in [0.05, 0.1) is 17.6 Å². The van der Waals surface area contributed by atoms with E-state index in [1.165, 1.54) is 29.5 Å². The first kappa shape index (κ1) is 19.8. The van der Waals surface area contributed by atoms with Crippen LogP contribution in [0.1, 0.15) is 34.5 Å². The Morgan fingerprint density at radius 2 is 1.68 bits per heavy atom. The van der Waals surface area contributed by atoms with E-state index in [4.69, 9.17) is 0 Å². The quantitative estimate of drug-likeness (QED) is 0.685. The van der Waals surface area contributed by atoms with Crippen molar-refractivity contribution in [3.8, 4) is 0 Å². The fraction of sp³-hybridized carbons (Fsp3) is 0.360. The summed E-state index contributed by atoms with van der Waals surface area (Å²) in [5, 5.41) is 4.13. The van der Waals surface area contributed by atoms with E-state index < -0.39 is 0 Å². The van der Waals surface area contributed by atoms with Crippen molar-refractivity contribution in [2.75, 3.05) is 38.0 Å². The van der Waals surface area contributed by atoms with Crippen molar-refractivity contribution in [2.24, 2.45) is 0 Å². The first-order chi connectivity index (χ1) is 15.2. The average molecular weight is 417 g/mol. The highest BCUT2D eigenvalue weighted by Gasteiger charge is 2.26. The van der Waals surface area contributed by atoms with Gasteiger partial charge in [-0.3, -0.25) is 14.5 Å². The number of aryl methyl sites for hydroxylation is 2. The molecule has 0 atom stereocenters. The van der Waals surface area contributed by atoms with Gasteiger partial charge in [-0.25, -0.2) is 0 Å². The van der Waals surface area contributed by atoms with Crippen LogP contribution in [0.25, 0.3) is 10.9 Å². The highest BCUT2D eigenvalue weighted by Crippen LogP contribution is 2.31. The molecule has 1 aromatic heterocycles. The zero-order chi connectivity index (χ0) is 21.2. The minimum Gasteiger partial charge on any atom is -0.358 e. The number of hydrogen-bond acceptors (Lipinski definition) is 3. The number of benzene rings is 2. The number of aromatic nitrogens is 1. The van der Waals surface area contributed by atoms with Crippen LogP contribution in [0.2, 0.25) is 0 Å². The van der Waals surface area contributed by atoms with Crippen LogP contribution in [0.5, 0.6) is 0 Å². The summed E-state index contributed by atoms with van der Waals surface area (Å²) in [4.78, 5) is 33.2. The van der Waals surface area contributed by atoms with Crippen LogP contribution in [0, 0.1) is 0 Å². The maximum absolute atomic E-state index is 13.3. The van der Waals surface area contributed by atoms with E-state index in [2.05, 4.69) is 21.3 Å². The summed E-state index contributed by atoms with van der Waals surface area (Å²) >= 11 is 0. The van der Waals surface area contributed by atoms with Crippen molar-refractivity contribution in [2.45, 2.75) is 25.7 Å². The van der Waals surface area contributed by atoms with Crippen LogP contribution in [0.15, 0.2) is 48.5 Å². The lowest BCUT2D eigenvalue weighted by atomic mass is 9.95. The fourth-order valence-electron chi connectivity index (χ4n) is 4.81. The Bertz CT molecular complexity index is 1100. The maximum Gasteiger partial charge on any atom is 0.256 e. The van der Waals surface area contributed by atoms with Crippen molar-refractivity contribution in [1.29, 1.82) is 0 Å². The summed E-state index contributed by atoms with van der Waals surface area (Å²) in [5.74, 6) is 0.0605. The van der Waals surface area contributed by atoms with Gasteiger partial charge in [0, 0.05) is 42.9 Å². The van der Waals surface area contributed by atoms with Crippen LogP contribution in [0.3, 0.4) is 0 Å². The van der Waals surface area contributed by atoms with Crippen LogP contribution in [-0.2, 0) is 17.6 Å². The highest BCUT2D eigenvalue weighted by molar-refractivity contribution is 6.07. The average Bonchev–Trinajstić information content (AvgIpc) is 3.18. The molecule has 2 amide bonds. The van der Waals surface area contributed by atoms with Crippen molar-refractivity contribution >= 4 is 28.4 Å². The molecular formula is C25H28N4O2. The zero-order valence-corrected chi connectivity index (χ0v) is 17.7. The SMILES string of the molecule is O=C(CN1CCN(C(=O)c2cccc3c4c([nH]c23)CCCC4)CC1)Nc1ccccc1. The number of para-hydroxylation sites is 2. The van der Waals surface area contributed by atoms with Gasteiger partial charge in [0.1, 0.15) is 0 Å². The number of anilines is 1. The Morgan fingerprint density at radius 1 is 0.903 bits per heavy atom. The topological polar surface area (TPSA) is 68.4 Å². The minimum absolute atomic E-state index is 0.0206. The Morgan fingerprint density at radius 3 is 2.48 bits per heavy atom. The number of carbonyl (C=O) groups is 2. The molecule has 1 aliphatic heterocycles. The van der Waals surface area contributed by atoms with E-state index in [0.29, 0.717) is 32.7 Å². The molecule has 1 aliphatic carbocycles. The van der Waals surface area contributed by atoms with Gasteiger partial charge in [-0.15, -0.1) is 0 Å². The van der Waals surface area contributed by atoms with Crippen LogP contribution >= 0.6 is 0 Å². The van der Waals surface area contributed by atoms with Crippen molar-refractivity contribution in [3.63, 3.8) is 0 Å². The Kier molecular flexibility index (Phi) is 5.47. The number of carbonyl (C=O) groups excluding carboxylic acids is 2. The number of amides is 2. The molecule has 0 saturated carbocycles. The highest BCUT2D eigenvalue weighted by atomic mass is 16.2. The first-order valence-corrected chi connectivity index (χ1v) is 11.2. The second kappa shape index (κ2) is 8.55. The van der Waals surface area contributed by atoms with Gasteiger partial charge in [-0.1, -0.05) is 30.3 Å². The maximum atomic E-state index is 13.3. The van der Waals surface area contributed by atoms with Gasteiger partial charge >= 0.3 is 0 Å². The van der Waals surface area contributed by atoms with Gasteiger partial charge in [-0.05, 0) is 49.4 Å². The molecule has 0 radical (unpaired) electrons. The Balaban J connectivity index is 1.22. The third kappa shape index (κ3) is 4.08. The molecular weight excluding hydrogens is 388 g/mol. The van der Waals surface area contributed by atoms with Crippen LogP contribution in [-0.4, -0.2) is 59.3 Å². The fourth-order valence-corrected chi connectivity index (χ4v) is 4.81. The van der Waals surface area contributed by atoms with Gasteiger partial charge in [0.25, 0.3) is 5.91 Å². The molecule has 160 valence electrons. The molecule has 6 nitrogen and oxygen atoms in total. The summed E-state index contributed by atoms with van der Waals surface area (Å²) in [6.07, 6.45) is 4.60. The van der Waals surface area contributed by atoms with E-state index in [1.807, 2.05) is 47.4 Å². The monoisotopic (exact) mass is 416 g/mol. The van der Waals surface area contributed by atoms with E-state index >= 15 is 0 Å². The first-order valence-electron chi connectivity index (χ1n) is 11.2. The third-order valence-corrected chi connectivity index (χ3v) is 6.45. The predicted molar refractivity (Wildman–Crippen MR) is 122 cm³/mol. The number of fused-ring (bicyclic) bond motifs is 3. The third-order valence-electron chi connectivity index (χ3n) is 6.45. The van der Waals surface area contributed by atoms with Crippen LogP contribution < -0.4 is 5.32 Å². The van der Waals surface area contributed by atoms with Crippen molar-refractivity contribution < 1.29 is 9.59 Å². The zero-order valence-electron chi connectivity index (χ0n) is 17.7. The second-order valence-electron chi connectivity index (χ2n) is 8.50. The van der Waals surface area contributed by atoms with Crippen LogP contribution in [0.4, 0.5) is 5.69 Å². The Hall–Kier alpha value is -3.12. The van der Waals surface area contributed by atoms with Gasteiger partial charge in [-0.2, -0.15) is 0 Å². The normalized spacial score (nSPS) is 16.8. The van der Waals surface area contributed by atoms with Gasteiger partial charge in [0.15, 0.2) is 0 Å². The number of piperazine rings is 1. The molecule has 6 heteroatoms. The van der Waals surface area contributed by atoms with Crippen molar-refractivity contribution in [1.82, 2.24) is 14.8 Å². The summed E-state index contributed by atoms with van der Waals surface area (Å²) in [5.41, 5.74) is 5.26. The molecule has 31 heavy (non-hydrogen) atoms. The molecule has 5 rings (SSSR count). The molecule has 0 unspecified atom stereocenters. The smallest absolute Gasteiger partial charge is 0.256 e. The van der Waals surface area contributed by atoms with E-state index in [-0.39, 0.29) is 11.8 Å². The lowest BCUT2D eigenvalue weighted by molar-refractivity contribution is -0.117.